The molecule has 110 valence electrons. The van der Waals surface area contributed by atoms with Gasteiger partial charge < -0.3 is 14.8 Å². The first kappa shape index (κ1) is 13.1. The molecule has 2 aliphatic heterocycles. The summed E-state index contributed by atoms with van der Waals surface area (Å²) in [4.78, 5) is 2.54. The monoisotopic (exact) mass is 302 g/mol. The molecular formula is C16H18N2O2S. The standard InChI is InChI=1S/C16H18N2O2S/c1-2-14-15(20-11-19-14)9-12(1)16(13-3-8-21-10-13)18-6-4-17-5-7-18/h1-3,8-10,16-17H,4-7,11H2. The quantitative estimate of drug-likeness (QED) is 0.944. The third-order valence-electron chi connectivity index (χ3n) is 4.09. The molecule has 2 aliphatic rings. The van der Waals surface area contributed by atoms with E-state index >= 15 is 0 Å². The Morgan fingerprint density at radius 2 is 1.90 bits per heavy atom. The van der Waals surface area contributed by atoms with Gasteiger partial charge in [-0.2, -0.15) is 11.3 Å². The Bertz CT molecular complexity index is 609. The maximum Gasteiger partial charge on any atom is 0.231 e. The van der Waals surface area contributed by atoms with Crippen LogP contribution < -0.4 is 14.8 Å². The second-order valence-corrected chi connectivity index (χ2v) is 6.14. The first-order valence-electron chi connectivity index (χ1n) is 7.28. The predicted molar refractivity (Wildman–Crippen MR) is 83.2 cm³/mol. The van der Waals surface area contributed by atoms with Crippen LogP contribution in [0.2, 0.25) is 0 Å². The van der Waals surface area contributed by atoms with Crippen LogP contribution in [0.5, 0.6) is 11.5 Å². The van der Waals surface area contributed by atoms with Gasteiger partial charge in [0, 0.05) is 26.2 Å². The lowest BCUT2D eigenvalue weighted by Gasteiger charge is -2.35. The minimum Gasteiger partial charge on any atom is -0.454 e. The average Bonchev–Trinajstić information content (AvgIpc) is 3.19. The topological polar surface area (TPSA) is 33.7 Å². The highest BCUT2D eigenvalue weighted by molar-refractivity contribution is 7.08. The first-order chi connectivity index (χ1) is 10.4. The smallest absolute Gasteiger partial charge is 0.231 e. The minimum atomic E-state index is 0.299. The van der Waals surface area contributed by atoms with Crippen LogP contribution >= 0.6 is 11.3 Å². The van der Waals surface area contributed by atoms with Crippen molar-refractivity contribution in [3.05, 3.63) is 46.2 Å². The Labute approximate surface area is 128 Å². The number of nitrogens with zero attached hydrogens (tertiary/aromatic N) is 1. The molecule has 0 radical (unpaired) electrons. The van der Waals surface area contributed by atoms with Gasteiger partial charge in [0.15, 0.2) is 11.5 Å². The zero-order valence-electron chi connectivity index (χ0n) is 11.7. The first-order valence-corrected chi connectivity index (χ1v) is 8.22. The van der Waals surface area contributed by atoms with Crippen LogP contribution in [0.15, 0.2) is 35.0 Å². The fraction of sp³-hybridized carbons (Fsp3) is 0.375. The van der Waals surface area contributed by atoms with Crippen molar-refractivity contribution in [3.8, 4) is 11.5 Å². The highest BCUT2D eigenvalue weighted by Crippen LogP contribution is 2.38. The Morgan fingerprint density at radius 3 is 2.71 bits per heavy atom. The van der Waals surface area contributed by atoms with Crippen LogP contribution in [0.25, 0.3) is 0 Å². The van der Waals surface area contributed by atoms with Crippen molar-refractivity contribution in [3.63, 3.8) is 0 Å². The third kappa shape index (κ3) is 2.52. The molecule has 0 bridgehead atoms. The molecule has 4 nitrogen and oxygen atoms in total. The van der Waals surface area contributed by atoms with Crippen LogP contribution in [-0.4, -0.2) is 37.9 Å². The summed E-state index contributed by atoms with van der Waals surface area (Å²) >= 11 is 1.75. The lowest BCUT2D eigenvalue weighted by molar-refractivity contribution is 0.173. The summed E-state index contributed by atoms with van der Waals surface area (Å²) in [5.41, 5.74) is 2.64. The maximum atomic E-state index is 5.54. The molecular weight excluding hydrogens is 284 g/mol. The average molecular weight is 302 g/mol. The van der Waals surface area contributed by atoms with Gasteiger partial charge in [-0.3, -0.25) is 4.90 Å². The molecule has 1 saturated heterocycles. The molecule has 1 aromatic carbocycles. The number of hydrogen-bond acceptors (Lipinski definition) is 5. The van der Waals surface area contributed by atoms with E-state index in [1.54, 1.807) is 11.3 Å². The fourth-order valence-corrected chi connectivity index (χ4v) is 3.75. The van der Waals surface area contributed by atoms with E-state index in [0.717, 1.165) is 37.7 Å². The summed E-state index contributed by atoms with van der Waals surface area (Å²) in [5.74, 6) is 1.71. The van der Waals surface area contributed by atoms with Crippen molar-refractivity contribution in [2.45, 2.75) is 6.04 Å². The number of piperazine rings is 1. The van der Waals surface area contributed by atoms with Crippen molar-refractivity contribution in [1.82, 2.24) is 10.2 Å². The SMILES string of the molecule is c1cc(C(c2ccc3c(c2)OCO3)N2CCNCC2)cs1. The van der Waals surface area contributed by atoms with Crippen molar-refractivity contribution < 1.29 is 9.47 Å². The van der Waals surface area contributed by atoms with Crippen molar-refractivity contribution >= 4 is 11.3 Å². The van der Waals surface area contributed by atoms with Gasteiger partial charge in [-0.05, 0) is 40.1 Å². The molecule has 1 fully saturated rings. The molecule has 2 aromatic rings. The zero-order valence-corrected chi connectivity index (χ0v) is 12.6. The molecule has 1 aromatic heterocycles. The molecule has 0 aliphatic carbocycles. The number of fused-ring (bicyclic) bond motifs is 1. The van der Waals surface area contributed by atoms with Crippen LogP contribution in [0.4, 0.5) is 0 Å². The maximum absolute atomic E-state index is 5.54. The lowest BCUT2D eigenvalue weighted by atomic mass is 9.98. The molecule has 1 atom stereocenters. The molecule has 5 heteroatoms. The predicted octanol–water partition coefficient (Wildman–Crippen LogP) is 2.47. The normalized spacial score (nSPS) is 19.6. The van der Waals surface area contributed by atoms with E-state index in [9.17, 15) is 0 Å². The summed E-state index contributed by atoms with van der Waals surface area (Å²) < 4.78 is 11.0. The Kier molecular flexibility index (Phi) is 3.55. The van der Waals surface area contributed by atoms with Crippen molar-refractivity contribution in [1.29, 1.82) is 0 Å². The minimum absolute atomic E-state index is 0.299. The summed E-state index contributed by atoms with van der Waals surface area (Å²) in [5, 5.41) is 7.82. The molecule has 3 heterocycles. The van der Waals surface area contributed by atoms with E-state index < -0.39 is 0 Å². The molecule has 0 amide bonds. The number of benzene rings is 1. The Hall–Kier alpha value is -1.56. The number of rotatable bonds is 3. The van der Waals surface area contributed by atoms with Crippen molar-refractivity contribution in [2.75, 3.05) is 33.0 Å². The van der Waals surface area contributed by atoms with E-state index in [2.05, 4.69) is 39.2 Å². The van der Waals surface area contributed by atoms with E-state index in [1.165, 1.54) is 11.1 Å². The molecule has 0 spiro atoms. The van der Waals surface area contributed by atoms with Crippen LogP contribution in [0.3, 0.4) is 0 Å². The summed E-state index contributed by atoms with van der Waals surface area (Å²) in [7, 11) is 0. The van der Waals surface area contributed by atoms with Gasteiger partial charge in [0.1, 0.15) is 0 Å². The summed E-state index contributed by atoms with van der Waals surface area (Å²) in [6, 6.07) is 8.85. The van der Waals surface area contributed by atoms with Gasteiger partial charge >= 0.3 is 0 Å². The van der Waals surface area contributed by atoms with Gasteiger partial charge in [0.25, 0.3) is 0 Å². The largest absolute Gasteiger partial charge is 0.454 e. The van der Waals surface area contributed by atoms with Gasteiger partial charge in [-0.1, -0.05) is 6.07 Å². The second kappa shape index (κ2) is 5.67. The zero-order chi connectivity index (χ0) is 14.1. The van der Waals surface area contributed by atoms with E-state index in [4.69, 9.17) is 9.47 Å². The second-order valence-electron chi connectivity index (χ2n) is 5.36. The number of thiophene rings is 1. The van der Waals surface area contributed by atoms with Gasteiger partial charge in [0.05, 0.1) is 6.04 Å². The van der Waals surface area contributed by atoms with Gasteiger partial charge in [-0.25, -0.2) is 0 Å². The summed E-state index contributed by atoms with van der Waals surface area (Å²) in [6.45, 7) is 4.55. The third-order valence-corrected chi connectivity index (χ3v) is 4.79. The van der Waals surface area contributed by atoms with Gasteiger partial charge in [-0.15, -0.1) is 0 Å². The van der Waals surface area contributed by atoms with Crippen molar-refractivity contribution in [2.24, 2.45) is 0 Å². The van der Waals surface area contributed by atoms with Crippen LogP contribution in [0.1, 0.15) is 17.2 Å². The number of ether oxygens (including phenoxy) is 2. The lowest BCUT2D eigenvalue weighted by Crippen LogP contribution is -2.45. The summed E-state index contributed by atoms with van der Waals surface area (Å²) in [6.07, 6.45) is 0. The Balaban J connectivity index is 1.71. The van der Waals surface area contributed by atoms with E-state index in [-0.39, 0.29) is 0 Å². The molecule has 21 heavy (non-hydrogen) atoms. The van der Waals surface area contributed by atoms with E-state index in [1.807, 2.05) is 6.07 Å². The fourth-order valence-electron chi connectivity index (χ4n) is 3.07. The highest BCUT2D eigenvalue weighted by atomic mass is 32.1. The molecule has 4 rings (SSSR count). The van der Waals surface area contributed by atoms with Gasteiger partial charge in [0.2, 0.25) is 6.79 Å². The van der Waals surface area contributed by atoms with Crippen LogP contribution in [0, 0.1) is 0 Å². The molecule has 1 N–H and O–H groups in total. The number of hydrogen-bond donors (Lipinski definition) is 1. The van der Waals surface area contributed by atoms with E-state index in [0.29, 0.717) is 12.8 Å². The number of nitrogens with one attached hydrogen (secondary N) is 1. The molecule has 0 saturated carbocycles. The highest BCUT2D eigenvalue weighted by Gasteiger charge is 2.26. The molecule has 1 unspecified atom stereocenters. The Morgan fingerprint density at radius 1 is 1.05 bits per heavy atom. The van der Waals surface area contributed by atoms with Crippen LogP contribution in [-0.2, 0) is 0 Å².